The molecule has 4 nitrogen and oxygen atoms in total. The molecule has 0 amide bonds. The number of aliphatic hydroxyl groups is 1. The molecular formula is C13H20N2O2. The molecule has 0 saturated carbocycles. The Balaban J connectivity index is 2.16. The van der Waals surface area contributed by atoms with Gasteiger partial charge in [0, 0.05) is 29.8 Å². The maximum Gasteiger partial charge on any atom is 0.120 e. The Hall–Kier alpha value is -1.26. The summed E-state index contributed by atoms with van der Waals surface area (Å²) in [4.78, 5) is 2.23. The Labute approximate surface area is 102 Å². The first-order valence-electron chi connectivity index (χ1n) is 5.92. The van der Waals surface area contributed by atoms with Crippen LogP contribution in [0.25, 0.3) is 0 Å². The van der Waals surface area contributed by atoms with E-state index in [1.54, 1.807) is 13.2 Å². The van der Waals surface area contributed by atoms with Crippen molar-refractivity contribution < 1.29 is 9.84 Å². The normalized spacial score (nSPS) is 22.6. The van der Waals surface area contributed by atoms with Crippen molar-refractivity contribution in [2.75, 3.05) is 33.0 Å². The van der Waals surface area contributed by atoms with Crippen molar-refractivity contribution in [3.63, 3.8) is 0 Å². The van der Waals surface area contributed by atoms with Crippen LogP contribution in [0.2, 0.25) is 0 Å². The van der Waals surface area contributed by atoms with Gasteiger partial charge in [-0.2, -0.15) is 0 Å². The van der Waals surface area contributed by atoms with Crippen molar-refractivity contribution in [2.45, 2.75) is 12.5 Å². The minimum Gasteiger partial charge on any atom is -0.497 e. The van der Waals surface area contributed by atoms with E-state index in [1.807, 2.05) is 12.1 Å². The highest BCUT2D eigenvalue weighted by atomic mass is 16.5. The van der Waals surface area contributed by atoms with Gasteiger partial charge in [-0.1, -0.05) is 6.07 Å². The van der Waals surface area contributed by atoms with Crippen LogP contribution in [-0.4, -0.2) is 37.3 Å². The van der Waals surface area contributed by atoms with Gasteiger partial charge in [0.25, 0.3) is 0 Å². The van der Waals surface area contributed by atoms with Gasteiger partial charge in [0.1, 0.15) is 5.75 Å². The molecule has 0 aliphatic carbocycles. The van der Waals surface area contributed by atoms with Crippen LogP contribution in [0.15, 0.2) is 18.2 Å². The molecule has 0 aromatic heterocycles. The largest absolute Gasteiger partial charge is 0.497 e. The summed E-state index contributed by atoms with van der Waals surface area (Å²) in [7, 11) is 3.68. The number of aliphatic hydroxyl groups excluding tert-OH is 1. The molecule has 2 atom stereocenters. The number of benzene rings is 1. The first-order chi connectivity index (χ1) is 8.11. The van der Waals surface area contributed by atoms with Gasteiger partial charge in [-0.25, -0.2) is 0 Å². The van der Waals surface area contributed by atoms with E-state index in [0.29, 0.717) is 5.69 Å². The highest BCUT2D eigenvalue weighted by molar-refractivity contribution is 5.52. The molecule has 1 aromatic carbocycles. The molecule has 17 heavy (non-hydrogen) atoms. The van der Waals surface area contributed by atoms with Crippen LogP contribution in [0.1, 0.15) is 18.1 Å². The minimum absolute atomic E-state index is 0.274. The number of likely N-dealkylation sites (tertiary alicyclic amines) is 1. The third-order valence-electron chi connectivity index (χ3n) is 3.49. The standard InChI is InChI=1S/C13H20N2O2/c1-15-6-5-9(8-15)13(16)11-4-3-10(17-2)7-12(11)14/h3-4,7,9,13,16H,5-6,8,14H2,1-2H3. The van der Waals surface area contributed by atoms with Gasteiger partial charge < -0.3 is 20.5 Å². The van der Waals surface area contributed by atoms with E-state index in [-0.39, 0.29) is 5.92 Å². The summed E-state index contributed by atoms with van der Waals surface area (Å²) >= 11 is 0. The van der Waals surface area contributed by atoms with Gasteiger partial charge in [-0.15, -0.1) is 0 Å². The molecule has 1 aliphatic rings. The zero-order valence-electron chi connectivity index (χ0n) is 10.4. The van der Waals surface area contributed by atoms with E-state index < -0.39 is 6.10 Å². The lowest BCUT2D eigenvalue weighted by molar-refractivity contribution is 0.113. The molecular weight excluding hydrogens is 216 g/mol. The molecule has 1 heterocycles. The molecule has 1 aromatic rings. The molecule has 3 N–H and O–H groups in total. The Morgan fingerprint density at radius 3 is 2.82 bits per heavy atom. The van der Waals surface area contributed by atoms with Crippen LogP contribution < -0.4 is 10.5 Å². The fraction of sp³-hybridized carbons (Fsp3) is 0.538. The fourth-order valence-electron chi connectivity index (χ4n) is 2.43. The zero-order valence-corrected chi connectivity index (χ0v) is 10.4. The molecule has 2 unspecified atom stereocenters. The number of anilines is 1. The van der Waals surface area contributed by atoms with Gasteiger partial charge in [-0.05, 0) is 26.1 Å². The van der Waals surface area contributed by atoms with Crippen LogP contribution in [0.5, 0.6) is 5.75 Å². The Morgan fingerprint density at radius 2 is 2.29 bits per heavy atom. The Kier molecular flexibility index (Phi) is 3.54. The fourth-order valence-corrected chi connectivity index (χ4v) is 2.43. The number of ether oxygens (including phenoxy) is 1. The average Bonchev–Trinajstić information content (AvgIpc) is 2.75. The summed E-state index contributed by atoms with van der Waals surface area (Å²) in [6, 6.07) is 5.46. The van der Waals surface area contributed by atoms with E-state index in [1.165, 1.54) is 0 Å². The summed E-state index contributed by atoms with van der Waals surface area (Å²) in [6.45, 7) is 1.96. The van der Waals surface area contributed by atoms with Crippen molar-refractivity contribution >= 4 is 5.69 Å². The van der Waals surface area contributed by atoms with Gasteiger partial charge in [0.15, 0.2) is 0 Å². The number of rotatable bonds is 3. The third kappa shape index (κ3) is 2.53. The van der Waals surface area contributed by atoms with E-state index in [0.717, 1.165) is 30.8 Å². The van der Waals surface area contributed by atoms with Crippen LogP contribution in [0.3, 0.4) is 0 Å². The number of methoxy groups -OCH3 is 1. The average molecular weight is 236 g/mol. The van der Waals surface area contributed by atoms with E-state index in [9.17, 15) is 5.11 Å². The zero-order chi connectivity index (χ0) is 12.4. The van der Waals surface area contributed by atoms with Gasteiger partial charge >= 0.3 is 0 Å². The first kappa shape index (κ1) is 12.2. The topological polar surface area (TPSA) is 58.7 Å². The monoisotopic (exact) mass is 236 g/mol. The summed E-state index contributed by atoms with van der Waals surface area (Å²) in [6.07, 6.45) is 0.536. The van der Waals surface area contributed by atoms with Crippen LogP contribution >= 0.6 is 0 Å². The number of nitrogens with two attached hydrogens (primary N) is 1. The second kappa shape index (κ2) is 4.94. The van der Waals surface area contributed by atoms with Gasteiger partial charge in [0.05, 0.1) is 13.2 Å². The maximum absolute atomic E-state index is 10.3. The van der Waals surface area contributed by atoms with Crippen molar-refractivity contribution in [2.24, 2.45) is 5.92 Å². The van der Waals surface area contributed by atoms with Gasteiger partial charge in [0.2, 0.25) is 0 Å². The second-order valence-corrected chi connectivity index (χ2v) is 4.75. The first-order valence-corrected chi connectivity index (χ1v) is 5.92. The lowest BCUT2D eigenvalue weighted by Gasteiger charge is -2.20. The lowest BCUT2D eigenvalue weighted by atomic mass is 9.94. The summed E-state index contributed by atoms with van der Waals surface area (Å²) in [5.74, 6) is 0.998. The molecule has 0 radical (unpaired) electrons. The molecule has 1 aliphatic heterocycles. The number of hydrogen-bond acceptors (Lipinski definition) is 4. The van der Waals surface area contributed by atoms with Crippen LogP contribution in [0.4, 0.5) is 5.69 Å². The van der Waals surface area contributed by atoms with E-state index in [4.69, 9.17) is 10.5 Å². The van der Waals surface area contributed by atoms with E-state index >= 15 is 0 Å². The van der Waals surface area contributed by atoms with Crippen LogP contribution in [0, 0.1) is 5.92 Å². The molecule has 0 spiro atoms. The van der Waals surface area contributed by atoms with Gasteiger partial charge in [-0.3, -0.25) is 0 Å². The SMILES string of the molecule is COc1ccc(C(O)C2CCN(C)C2)c(N)c1. The molecule has 4 heteroatoms. The molecule has 94 valence electrons. The number of nitrogen functional groups attached to an aromatic ring is 1. The highest BCUT2D eigenvalue weighted by Crippen LogP contribution is 2.33. The predicted octanol–water partition coefficient (Wildman–Crippen LogP) is 1.26. The van der Waals surface area contributed by atoms with Crippen molar-refractivity contribution in [1.82, 2.24) is 4.90 Å². The van der Waals surface area contributed by atoms with E-state index in [2.05, 4.69) is 11.9 Å². The quantitative estimate of drug-likeness (QED) is 0.776. The minimum atomic E-state index is -0.481. The maximum atomic E-state index is 10.3. The summed E-state index contributed by atoms with van der Waals surface area (Å²) < 4.78 is 5.10. The number of hydrogen-bond donors (Lipinski definition) is 2. The Morgan fingerprint density at radius 1 is 1.53 bits per heavy atom. The predicted molar refractivity (Wildman–Crippen MR) is 68.0 cm³/mol. The summed E-state index contributed by atoms with van der Waals surface area (Å²) in [5.41, 5.74) is 7.36. The van der Waals surface area contributed by atoms with Crippen LogP contribution in [-0.2, 0) is 0 Å². The molecule has 0 bridgehead atoms. The molecule has 2 rings (SSSR count). The second-order valence-electron chi connectivity index (χ2n) is 4.75. The van der Waals surface area contributed by atoms with Crippen molar-refractivity contribution in [3.05, 3.63) is 23.8 Å². The lowest BCUT2D eigenvalue weighted by Crippen LogP contribution is -2.19. The summed E-state index contributed by atoms with van der Waals surface area (Å²) in [5, 5.41) is 10.3. The smallest absolute Gasteiger partial charge is 0.120 e. The van der Waals surface area contributed by atoms with Crippen molar-refractivity contribution in [1.29, 1.82) is 0 Å². The molecule has 1 fully saturated rings. The van der Waals surface area contributed by atoms with Crippen molar-refractivity contribution in [3.8, 4) is 5.75 Å². The third-order valence-corrected chi connectivity index (χ3v) is 3.49. The number of nitrogens with zero attached hydrogens (tertiary/aromatic N) is 1. The Bertz CT molecular complexity index is 395. The highest BCUT2D eigenvalue weighted by Gasteiger charge is 2.28. The molecule has 1 saturated heterocycles.